The normalized spacial score (nSPS) is 10.5. The molecule has 0 fully saturated rings. The van der Waals surface area contributed by atoms with Gasteiger partial charge >= 0.3 is 0 Å². The number of halogens is 1. The number of guanidine groups is 1. The van der Waals surface area contributed by atoms with Gasteiger partial charge in [0.05, 0.1) is 12.1 Å². The molecule has 0 aliphatic heterocycles. The Morgan fingerprint density at radius 3 is 3.06 bits per heavy atom. The van der Waals surface area contributed by atoms with Crippen LogP contribution in [-0.2, 0) is 6.54 Å². The van der Waals surface area contributed by atoms with Gasteiger partial charge in [-0.3, -0.25) is 4.79 Å². The van der Waals surface area contributed by atoms with Gasteiger partial charge in [-0.25, -0.2) is 9.98 Å². The molecule has 0 radical (unpaired) electrons. The summed E-state index contributed by atoms with van der Waals surface area (Å²) in [6, 6.07) is 0. The molecule has 0 bridgehead atoms. The number of nitrogens with zero attached hydrogens (tertiary/aromatic N) is 2. The van der Waals surface area contributed by atoms with E-state index in [2.05, 4.69) is 26.9 Å². The molecule has 0 unspecified atom stereocenters. The molecule has 6 nitrogen and oxygen atoms in total. The Morgan fingerprint density at radius 2 is 2.47 bits per heavy atom. The molecule has 1 aromatic heterocycles. The Bertz CT molecular complexity index is 454. The largest absolute Gasteiger partial charge is 0.370 e. The molecule has 17 heavy (non-hydrogen) atoms. The number of aryl methyl sites for hydroxylation is 1. The summed E-state index contributed by atoms with van der Waals surface area (Å²) in [5.41, 5.74) is 5.84. The zero-order chi connectivity index (χ0) is 12.0. The second-order valence-corrected chi connectivity index (χ2v) is 3.19. The van der Waals surface area contributed by atoms with Gasteiger partial charge in [-0.2, -0.15) is 0 Å². The van der Waals surface area contributed by atoms with Gasteiger partial charge in [0.25, 0.3) is 5.56 Å². The molecule has 1 aromatic rings. The molecule has 0 aliphatic rings. The Hall–Kier alpha value is -1.38. The maximum absolute atomic E-state index is 11.4. The molecule has 0 aromatic carbocycles. The van der Waals surface area contributed by atoms with Crippen molar-refractivity contribution in [3.05, 3.63) is 40.6 Å². The molecule has 0 amide bonds. The molecule has 94 valence electrons. The summed E-state index contributed by atoms with van der Waals surface area (Å²) >= 11 is 0. The Balaban J connectivity index is 0.00000256. The van der Waals surface area contributed by atoms with Crippen LogP contribution in [0, 0.1) is 6.92 Å². The summed E-state index contributed by atoms with van der Waals surface area (Å²) in [5.74, 6) is 0.857. The van der Waals surface area contributed by atoms with E-state index in [1.807, 2.05) is 0 Å². The van der Waals surface area contributed by atoms with E-state index >= 15 is 0 Å². The second-order valence-electron chi connectivity index (χ2n) is 3.19. The number of aliphatic imine (C=N–C) groups is 1. The van der Waals surface area contributed by atoms with Gasteiger partial charge in [0.2, 0.25) is 0 Å². The van der Waals surface area contributed by atoms with Crippen LogP contribution in [0.5, 0.6) is 0 Å². The molecule has 1 rings (SSSR count). The summed E-state index contributed by atoms with van der Waals surface area (Å²) in [6.45, 7) is 6.00. The van der Waals surface area contributed by atoms with Crippen LogP contribution in [-0.4, -0.2) is 22.5 Å². The van der Waals surface area contributed by atoms with Gasteiger partial charge in [-0.05, 0) is 6.92 Å². The van der Waals surface area contributed by atoms with Gasteiger partial charge in [0.15, 0.2) is 5.96 Å². The average molecular weight is 349 g/mol. The van der Waals surface area contributed by atoms with Crippen molar-refractivity contribution in [2.24, 2.45) is 10.7 Å². The SMILES string of the molecule is C=CCNC(N)=NCc1cnc(C)[nH]c1=O.I. The van der Waals surface area contributed by atoms with Crippen LogP contribution >= 0.6 is 24.0 Å². The van der Waals surface area contributed by atoms with E-state index in [1.54, 1.807) is 13.0 Å². The smallest absolute Gasteiger partial charge is 0.255 e. The molecule has 0 aliphatic carbocycles. The van der Waals surface area contributed by atoms with E-state index < -0.39 is 0 Å². The third-order valence-electron chi connectivity index (χ3n) is 1.85. The van der Waals surface area contributed by atoms with Crippen molar-refractivity contribution >= 4 is 29.9 Å². The zero-order valence-corrected chi connectivity index (χ0v) is 11.9. The van der Waals surface area contributed by atoms with Crippen molar-refractivity contribution in [3.8, 4) is 0 Å². The van der Waals surface area contributed by atoms with Crippen molar-refractivity contribution in [1.82, 2.24) is 15.3 Å². The topological polar surface area (TPSA) is 96.2 Å². The van der Waals surface area contributed by atoms with Crippen LogP contribution in [0.15, 0.2) is 28.6 Å². The maximum atomic E-state index is 11.4. The van der Waals surface area contributed by atoms with E-state index in [0.29, 0.717) is 17.9 Å². The van der Waals surface area contributed by atoms with Crippen molar-refractivity contribution < 1.29 is 0 Å². The molecule has 7 heteroatoms. The lowest BCUT2D eigenvalue weighted by Crippen LogP contribution is -2.31. The molecular formula is C10H16IN5O. The maximum Gasteiger partial charge on any atom is 0.255 e. The summed E-state index contributed by atoms with van der Waals surface area (Å²) < 4.78 is 0. The Kier molecular flexibility index (Phi) is 7.19. The minimum atomic E-state index is -0.187. The highest BCUT2D eigenvalue weighted by Gasteiger charge is 1.99. The van der Waals surface area contributed by atoms with Crippen LogP contribution in [0.3, 0.4) is 0 Å². The van der Waals surface area contributed by atoms with Crippen LogP contribution in [0.25, 0.3) is 0 Å². The van der Waals surface area contributed by atoms with Crippen molar-refractivity contribution in [1.29, 1.82) is 0 Å². The minimum Gasteiger partial charge on any atom is -0.370 e. The summed E-state index contributed by atoms with van der Waals surface area (Å²) in [4.78, 5) is 22.0. The standard InChI is InChI=1S/C10H15N5O.HI/c1-3-4-12-10(11)14-6-8-5-13-7(2)15-9(8)16;/h3,5H,1,4,6H2,2H3,(H3,11,12,14)(H,13,15,16);1H. The quantitative estimate of drug-likeness (QED) is 0.315. The van der Waals surface area contributed by atoms with Crippen LogP contribution < -0.4 is 16.6 Å². The van der Waals surface area contributed by atoms with Crippen LogP contribution in [0.1, 0.15) is 11.4 Å². The number of hydrogen-bond donors (Lipinski definition) is 3. The highest BCUT2D eigenvalue weighted by Crippen LogP contribution is 1.91. The number of nitrogens with one attached hydrogen (secondary N) is 2. The van der Waals surface area contributed by atoms with Crippen molar-refractivity contribution in [3.63, 3.8) is 0 Å². The van der Waals surface area contributed by atoms with Gasteiger partial charge in [0.1, 0.15) is 5.82 Å². The highest BCUT2D eigenvalue weighted by molar-refractivity contribution is 14.0. The lowest BCUT2D eigenvalue weighted by atomic mass is 10.3. The first-order valence-corrected chi connectivity index (χ1v) is 4.83. The van der Waals surface area contributed by atoms with E-state index in [9.17, 15) is 4.79 Å². The number of rotatable bonds is 4. The third-order valence-corrected chi connectivity index (χ3v) is 1.85. The fourth-order valence-electron chi connectivity index (χ4n) is 1.03. The van der Waals surface area contributed by atoms with Gasteiger partial charge in [-0.1, -0.05) is 6.08 Å². The molecule has 0 spiro atoms. The second kappa shape index (κ2) is 7.82. The summed E-state index contributed by atoms with van der Waals surface area (Å²) in [6.07, 6.45) is 3.17. The fraction of sp³-hybridized carbons (Fsp3) is 0.300. The van der Waals surface area contributed by atoms with Gasteiger partial charge in [-0.15, -0.1) is 30.6 Å². The van der Waals surface area contributed by atoms with E-state index in [-0.39, 0.29) is 42.0 Å². The van der Waals surface area contributed by atoms with Crippen LogP contribution in [0.4, 0.5) is 0 Å². The summed E-state index contributed by atoms with van der Waals surface area (Å²) in [5, 5.41) is 2.81. The molecular weight excluding hydrogens is 333 g/mol. The lowest BCUT2D eigenvalue weighted by molar-refractivity contribution is 0.916. The van der Waals surface area contributed by atoms with Gasteiger partial charge in [0, 0.05) is 12.7 Å². The lowest BCUT2D eigenvalue weighted by Gasteiger charge is -2.01. The third kappa shape index (κ3) is 5.48. The molecule has 0 saturated heterocycles. The first-order chi connectivity index (χ1) is 7.63. The number of hydrogen-bond acceptors (Lipinski definition) is 3. The number of nitrogens with two attached hydrogens (primary N) is 1. The van der Waals surface area contributed by atoms with E-state index in [4.69, 9.17) is 5.73 Å². The van der Waals surface area contributed by atoms with Gasteiger partial charge < -0.3 is 16.0 Å². The number of aromatic amines is 1. The predicted octanol–water partition coefficient (Wildman–Crippen LogP) is 0.287. The molecule has 0 saturated carbocycles. The number of H-pyrrole nitrogens is 1. The zero-order valence-electron chi connectivity index (χ0n) is 9.56. The van der Waals surface area contributed by atoms with E-state index in [1.165, 1.54) is 6.20 Å². The Labute approximate surface area is 116 Å². The Morgan fingerprint density at radius 1 is 1.76 bits per heavy atom. The minimum absolute atomic E-state index is 0. The monoisotopic (exact) mass is 349 g/mol. The summed E-state index contributed by atoms with van der Waals surface area (Å²) in [7, 11) is 0. The van der Waals surface area contributed by atoms with Crippen molar-refractivity contribution in [2.75, 3.05) is 6.54 Å². The first kappa shape index (κ1) is 15.6. The molecule has 1 heterocycles. The molecule has 4 N–H and O–H groups in total. The highest BCUT2D eigenvalue weighted by atomic mass is 127. The predicted molar refractivity (Wildman–Crippen MR) is 78.5 cm³/mol. The fourth-order valence-corrected chi connectivity index (χ4v) is 1.03. The van der Waals surface area contributed by atoms with Crippen LogP contribution in [0.2, 0.25) is 0 Å². The molecule has 0 atom stereocenters. The van der Waals surface area contributed by atoms with Crippen molar-refractivity contribution in [2.45, 2.75) is 13.5 Å². The average Bonchev–Trinajstić information content (AvgIpc) is 2.25. The number of aromatic nitrogens is 2. The van der Waals surface area contributed by atoms with E-state index in [0.717, 1.165) is 0 Å². The first-order valence-electron chi connectivity index (χ1n) is 4.83.